The molecule has 0 aliphatic carbocycles. The summed E-state index contributed by atoms with van der Waals surface area (Å²) < 4.78 is 2.07. The lowest BCUT2D eigenvalue weighted by atomic mass is 10.2. The molecule has 4 nitrogen and oxygen atoms in total. The molecule has 1 amide bonds. The molecule has 4 aromatic rings. The summed E-state index contributed by atoms with van der Waals surface area (Å²) in [5.74, 6) is -0.0324. The summed E-state index contributed by atoms with van der Waals surface area (Å²) in [6, 6.07) is 17.3. The quantitative estimate of drug-likeness (QED) is 0.510. The van der Waals surface area contributed by atoms with E-state index in [0.29, 0.717) is 23.6 Å². The number of nitrogens with one attached hydrogen (secondary N) is 1. The van der Waals surface area contributed by atoms with Gasteiger partial charge in [-0.2, -0.15) is 0 Å². The first-order valence-electron chi connectivity index (χ1n) is 8.25. The second-order valence-corrected chi connectivity index (χ2v) is 7.20. The van der Waals surface area contributed by atoms with Gasteiger partial charge in [-0.1, -0.05) is 48.0 Å². The number of halogens is 1. The Morgan fingerprint density at radius 3 is 2.81 bits per heavy atom. The first-order chi connectivity index (χ1) is 12.7. The van der Waals surface area contributed by atoms with E-state index in [-0.39, 0.29) is 5.91 Å². The number of benzene rings is 2. The van der Waals surface area contributed by atoms with E-state index in [1.165, 1.54) is 0 Å². The molecule has 2 aromatic heterocycles. The van der Waals surface area contributed by atoms with Crippen LogP contribution >= 0.6 is 22.9 Å². The molecule has 0 aliphatic heterocycles. The topological polar surface area (TPSA) is 46.4 Å². The fraction of sp³-hybridized carbons (Fsp3) is 0.100. The Hall–Kier alpha value is -2.63. The Bertz CT molecular complexity index is 1060. The number of nitrogens with zero attached hydrogens (tertiary/aromatic N) is 2. The van der Waals surface area contributed by atoms with Gasteiger partial charge in [0, 0.05) is 40.0 Å². The molecular weight excluding hydrogens is 366 g/mol. The predicted octanol–water partition coefficient (Wildman–Crippen LogP) is 5.29. The molecule has 2 heterocycles. The fourth-order valence-electron chi connectivity index (χ4n) is 2.79. The van der Waals surface area contributed by atoms with Gasteiger partial charge in [0.1, 0.15) is 0 Å². The standard InChI is InChI=1S/C20H16ClN3OS/c21-15-7-4-8-16(11-15)22-19(25)10-9-17-13-26-20-23-18(12-24(17)20)14-5-2-1-3-6-14/h1-8,11-13H,9-10H2,(H,22,25). The number of imidazole rings is 1. The van der Waals surface area contributed by atoms with Gasteiger partial charge in [0.2, 0.25) is 5.91 Å². The van der Waals surface area contributed by atoms with E-state index < -0.39 is 0 Å². The zero-order valence-corrected chi connectivity index (χ0v) is 15.4. The van der Waals surface area contributed by atoms with E-state index in [2.05, 4.69) is 20.1 Å². The zero-order valence-electron chi connectivity index (χ0n) is 13.9. The van der Waals surface area contributed by atoms with Crippen LogP contribution in [0, 0.1) is 0 Å². The second kappa shape index (κ2) is 7.32. The number of thiazole rings is 1. The van der Waals surface area contributed by atoms with Gasteiger partial charge >= 0.3 is 0 Å². The van der Waals surface area contributed by atoms with Crippen LogP contribution in [-0.4, -0.2) is 15.3 Å². The molecule has 4 rings (SSSR count). The van der Waals surface area contributed by atoms with Crippen molar-refractivity contribution in [3.8, 4) is 11.3 Å². The molecule has 1 N–H and O–H groups in total. The third-order valence-electron chi connectivity index (χ3n) is 4.07. The molecule has 0 aliphatic rings. The van der Waals surface area contributed by atoms with Crippen molar-refractivity contribution >= 4 is 39.5 Å². The number of carbonyl (C=O) groups is 1. The summed E-state index contributed by atoms with van der Waals surface area (Å²) in [5, 5.41) is 5.54. The molecule has 0 fully saturated rings. The number of aryl methyl sites for hydroxylation is 1. The van der Waals surface area contributed by atoms with Gasteiger partial charge in [-0.3, -0.25) is 9.20 Å². The van der Waals surface area contributed by atoms with Crippen molar-refractivity contribution in [1.82, 2.24) is 9.38 Å². The summed E-state index contributed by atoms with van der Waals surface area (Å²) in [6.07, 6.45) is 3.08. The molecule has 26 heavy (non-hydrogen) atoms. The van der Waals surface area contributed by atoms with E-state index in [0.717, 1.165) is 21.9 Å². The Labute approximate surface area is 160 Å². The molecule has 0 saturated carbocycles. The lowest BCUT2D eigenvalue weighted by molar-refractivity contribution is -0.116. The van der Waals surface area contributed by atoms with Crippen molar-refractivity contribution < 1.29 is 4.79 Å². The highest BCUT2D eigenvalue weighted by atomic mass is 35.5. The number of fused-ring (bicyclic) bond motifs is 1. The van der Waals surface area contributed by atoms with Crippen molar-refractivity contribution in [2.75, 3.05) is 5.32 Å². The van der Waals surface area contributed by atoms with E-state index in [4.69, 9.17) is 11.6 Å². The van der Waals surface area contributed by atoms with Crippen molar-refractivity contribution in [1.29, 1.82) is 0 Å². The molecule has 2 aromatic carbocycles. The number of hydrogen-bond acceptors (Lipinski definition) is 3. The Morgan fingerprint density at radius 2 is 2.00 bits per heavy atom. The highest BCUT2D eigenvalue weighted by Crippen LogP contribution is 2.24. The monoisotopic (exact) mass is 381 g/mol. The maximum atomic E-state index is 12.2. The van der Waals surface area contributed by atoms with E-state index in [9.17, 15) is 4.79 Å². The molecule has 0 saturated heterocycles. The number of rotatable bonds is 5. The van der Waals surface area contributed by atoms with Crippen LogP contribution in [0.5, 0.6) is 0 Å². The molecule has 130 valence electrons. The second-order valence-electron chi connectivity index (χ2n) is 5.93. The number of anilines is 1. The molecule has 0 bridgehead atoms. The first-order valence-corrected chi connectivity index (χ1v) is 9.51. The normalized spacial score (nSPS) is 11.0. The molecule has 6 heteroatoms. The van der Waals surface area contributed by atoms with Gasteiger partial charge in [0.25, 0.3) is 0 Å². The van der Waals surface area contributed by atoms with Crippen LogP contribution in [-0.2, 0) is 11.2 Å². The minimum Gasteiger partial charge on any atom is -0.326 e. The van der Waals surface area contributed by atoms with Gasteiger partial charge in [-0.25, -0.2) is 4.98 Å². The number of carbonyl (C=O) groups excluding carboxylic acids is 1. The Balaban J connectivity index is 1.46. The van der Waals surface area contributed by atoms with Crippen molar-refractivity contribution in [2.24, 2.45) is 0 Å². The van der Waals surface area contributed by atoms with Gasteiger partial charge in [0.15, 0.2) is 4.96 Å². The average Bonchev–Trinajstić information content (AvgIpc) is 3.22. The summed E-state index contributed by atoms with van der Waals surface area (Å²) in [5.41, 5.74) is 3.84. The third kappa shape index (κ3) is 3.64. The number of hydrogen-bond donors (Lipinski definition) is 1. The fourth-order valence-corrected chi connectivity index (χ4v) is 3.89. The Morgan fingerprint density at radius 1 is 1.15 bits per heavy atom. The van der Waals surface area contributed by atoms with Crippen LogP contribution in [0.4, 0.5) is 5.69 Å². The molecule has 0 atom stereocenters. The first kappa shape index (κ1) is 16.8. The largest absolute Gasteiger partial charge is 0.326 e. The van der Waals surface area contributed by atoms with Gasteiger partial charge in [-0.15, -0.1) is 11.3 Å². The van der Waals surface area contributed by atoms with Crippen molar-refractivity contribution in [3.05, 3.63) is 76.9 Å². The summed E-state index contributed by atoms with van der Waals surface area (Å²) in [4.78, 5) is 17.8. The Kier molecular flexibility index (Phi) is 4.73. The van der Waals surface area contributed by atoms with Crippen molar-refractivity contribution in [2.45, 2.75) is 12.8 Å². The summed E-state index contributed by atoms with van der Waals surface area (Å²) >= 11 is 7.53. The summed E-state index contributed by atoms with van der Waals surface area (Å²) in [6.45, 7) is 0. The third-order valence-corrected chi connectivity index (χ3v) is 5.19. The number of aromatic nitrogens is 2. The van der Waals surface area contributed by atoms with Gasteiger partial charge in [0.05, 0.1) is 5.69 Å². The molecule has 0 radical (unpaired) electrons. The van der Waals surface area contributed by atoms with Gasteiger partial charge in [-0.05, 0) is 24.6 Å². The highest BCUT2D eigenvalue weighted by molar-refractivity contribution is 7.15. The van der Waals surface area contributed by atoms with E-state index in [1.807, 2.05) is 48.7 Å². The maximum Gasteiger partial charge on any atom is 0.224 e. The highest BCUT2D eigenvalue weighted by Gasteiger charge is 2.11. The van der Waals surface area contributed by atoms with Crippen LogP contribution < -0.4 is 5.32 Å². The maximum absolute atomic E-state index is 12.2. The predicted molar refractivity (Wildman–Crippen MR) is 107 cm³/mol. The minimum absolute atomic E-state index is 0.0324. The van der Waals surface area contributed by atoms with E-state index in [1.54, 1.807) is 23.5 Å². The molecular formula is C20H16ClN3OS. The van der Waals surface area contributed by atoms with Crippen LogP contribution in [0.2, 0.25) is 5.02 Å². The number of amides is 1. The minimum atomic E-state index is -0.0324. The molecule has 0 unspecified atom stereocenters. The molecule has 0 spiro atoms. The zero-order chi connectivity index (χ0) is 17.9. The van der Waals surface area contributed by atoms with Crippen LogP contribution in [0.3, 0.4) is 0 Å². The van der Waals surface area contributed by atoms with Gasteiger partial charge < -0.3 is 5.32 Å². The SMILES string of the molecule is O=C(CCc1csc2nc(-c3ccccc3)cn12)Nc1cccc(Cl)c1. The average molecular weight is 382 g/mol. The van der Waals surface area contributed by atoms with Crippen LogP contribution in [0.15, 0.2) is 66.2 Å². The lowest BCUT2D eigenvalue weighted by Crippen LogP contribution is -2.12. The summed E-state index contributed by atoms with van der Waals surface area (Å²) in [7, 11) is 0. The van der Waals surface area contributed by atoms with Crippen LogP contribution in [0.1, 0.15) is 12.1 Å². The smallest absolute Gasteiger partial charge is 0.224 e. The van der Waals surface area contributed by atoms with E-state index >= 15 is 0 Å². The van der Waals surface area contributed by atoms with Crippen molar-refractivity contribution in [3.63, 3.8) is 0 Å². The van der Waals surface area contributed by atoms with Crippen LogP contribution in [0.25, 0.3) is 16.2 Å². The lowest BCUT2D eigenvalue weighted by Gasteiger charge is -2.05.